The number of benzene rings is 1. The molecule has 18 heavy (non-hydrogen) atoms. The van der Waals surface area contributed by atoms with Gasteiger partial charge in [0.1, 0.15) is 0 Å². The van der Waals surface area contributed by atoms with E-state index in [1.54, 1.807) is 0 Å². The second kappa shape index (κ2) is 4.64. The smallest absolute Gasteiger partial charge is 0.294 e. The maximum atomic E-state index is 12.1. The molecule has 1 heterocycles. The van der Waals surface area contributed by atoms with Crippen LogP contribution in [-0.2, 0) is 12.8 Å². The summed E-state index contributed by atoms with van der Waals surface area (Å²) >= 11 is 0. The molecular formula is C14H14N2O2. The van der Waals surface area contributed by atoms with Crippen molar-refractivity contribution < 1.29 is 9.32 Å². The van der Waals surface area contributed by atoms with Gasteiger partial charge < -0.3 is 9.84 Å². The minimum atomic E-state index is -0.211. The molecule has 1 aliphatic rings. The number of carbonyl (C=O) groups excluding carboxylic acids is 1. The minimum Gasteiger partial charge on any atom is -0.350 e. The van der Waals surface area contributed by atoms with Crippen LogP contribution in [0, 0.1) is 0 Å². The summed E-state index contributed by atoms with van der Waals surface area (Å²) in [4.78, 5) is 12.1. The molecule has 0 atom stereocenters. The fourth-order valence-corrected chi connectivity index (χ4v) is 2.28. The lowest BCUT2D eigenvalue weighted by atomic mass is 9.96. The van der Waals surface area contributed by atoms with Gasteiger partial charge in [0.25, 0.3) is 5.91 Å². The van der Waals surface area contributed by atoms with Crippen LogP contribution in [0.2, 0.25) is 0 Å². The molecule has 92 valence electrons. The molecule has 4 nitrogen and oxygen atoms in total. The van der Waals surface area contributed by atoms with E-state index in [1.165, 1.54) is 0 Å². The zero-order valence-electron chi connectivity index (χ0n) is 9.98. The van der Waals surface area contributed by atoms with Crippen molar-refractivity contribution in [3.63, 3.8) is 0 Å². The summed E-state index contributed by atoms with van der Waals surface area (Å²) in [5.41, 5.74) is 2.69. The molecule has 1 aromatic carbocycles. The second-order valence-electron chi connectivity index (χ2n) is 4.46. The van der Waals surface area contributed by atoms with E-state index in [9.17, 15) is 4.79 Å². The number of rotatable bonds is 2. The monoisotopic (exact) mass is 242 g/mol. The number of hydrogen-bond acceptors (Lipinski definition) is 3. The van der Waals surface area contributed by atoms with Gasteiger partial charge in [-0.05, 0) is 37.8 Å². The maximum absolute atomic E-state index is 12.1. The van der Waals surface area contributed by atoms with Crippen LogP contribution in [0.5, 0.6) is 0 Å². The van der Waals surface area contributed by atoms with Gasteiger partial charge in [-0.25, -0.2) is 0 Å². The van der Waals surface area contributed by atoms with E-state index in [0.29, 0.717) is 5.76 Å². The van der Waals surface area contributed by atoms with Gasteiger partial charge >= 0.3 is 0 Å². The molecular weight excluding hydrogens is 228 g/mol. The van der Waals surface area contributed by atoms with Crippen molar-refractivity contribution >= 4 is 11.6 Å². The van der Waals surface area contributed by atoms with Gasteiger partial charge in [-0.15, -0.1) is 0 Å². The Morgan fingerprint density at radius 2 is 1.94 bits per heavy atom. The number of nitrogens with one attached hydrogen (secondary N) is 1. The highest BCUT2D eigenvalue weighted by Gasteiger charge is 2.24. The molecule has 0 unspecified atom stereocenters. The summed E-state index contributed by atoms with van der Waals surface area (Å²) in [6, 6.07) is 9.37. The Labute approximate surface area is 105 Å². The molecule has 0 saturated heterocycles. The Hall–Kier alpha value is -2.10. The summed E-state index contributed by atoms with van der Waals surface area (Å²) in [5, 5.41) is 6.81. The second-order valence-corrected chi connectivity index (χ2v) is 4.46. The fraction of sp³-hybridized carbons (Fsp3) is 0.286. The van der Waals surface area contributed by atoms with Gasteiger partial charge in [0.15, 0.2) is 0 Å². The van der Waals surface area contributed by atoms with Crippen molar-refractivity contribution in [2.24, 2.45) is 0 Å². The normalized spacial score (nSPS) is 14.0. The molecule has 0 saturated carbocycles. The molecule has 2 aromatic rings. The van der Waals surface area contributed by atoms with E-state index in [4.69, 9.17) is 4.52 Å². The van der Waals surface area contributed by atoms with Crippen LogP contribution in [0.25, 0.3) is 0 Å². The van der Waals surface area contributed by atoms with Gasteiger partial charge in [-0.3, -0.25) is 4.79 Å². The molecule has 0 aliphatic heterocycles. The van der Waals surface area contributed by atoms with E-state index in [1.807, 2.05) is 30.3 Å². The highest BCUT2D eigenvalue weighted by atomic mass is 16.5. The number of fused-ring (bicyclic) bond motifs is 1. The number of aromatic nitrogens is 1. The summed E-state index contributed by atoms with van der Waals surface area (Å²) in [6.07, 6.45) is 4.02. The van der Waals surface area contributed by atoms with Crippen LogP contribution in [-0.4, -0.2) is 11.1 Å². The van der Waals surface area contributed by atoms with E-state index < -0.39 is 0 Å². The fourth-order valence-electron chi connectivity index (χ4n) is 2.28. The Bertz CT molecular complexity index is 560. The number of carbonyl (C=O) groups is 1. The molecule has 0 fully saturated rings. The van der Waals surface area contributed by atoms with Crippen molar-refractivity contribution in [2.75, 3.05) is 5.32 Å². The molecule has 1 aliphatic carbocycles. The van der Waals surface area contributed by atoms with E-state index in [-0.39, 0.29) is 5.91 Å². The standard InChI is InChI=1S/C14H14N2O2/c17-14(15-10-6-2-1-3-7-10)13-11-8-4-5-9-12(11)16-18-13/h1-3,6-7H,4-5,8-9H2,(H,15,17). The van der Waals surface area contributed by atoms with Crippen LogP contribution in [0.3, 0.4) is 0 Å². The van der Waals surface area contributed by atoms with E-state index in [2.05, 4.69) is 10.5 Å². The van der Waals surface area contributed by atoms with Gasteiger partial charge in [0.2, 0.25) is 5.76 Å². The van der Waals surface area contributed by atoms with Crippen LogP contribution in [0.4, 0.5) is 5.69 Å². The molecule has 0 spiro atoms. The average Bonchev–Trinajstić information content (AvgIpc) is 2.84. The van der Waals surface area contributed by atoms with Crippen molar-refractivity contribution in [3.8, 4) is 0 Å². The molecule has 0 bridgehead atoms. The SMILES string of the molecule is O=C(Nc1ccccc1)c1onc2c1CCCC2. The molecule has 4 heteroatoms. The molecule has 1 N–H and O–H groups in total. The highest BCUT2D eigenvalue weighted by Crippen LogP contribution is 2.24. The van der Waals surface area contributed by atoms with Crippen LogP contribution in [0.1, 0.15) is 34.7 Å². The third-order valence-electron chi connectivity index (χ3n) is 3.20. The lowest BCUT2D eigenvalue weighted by molar-refractivity contribution is 0.0986. The Kier molecular flexibility index (Phi) is 2.84. The minimum absolute atomic E-state index is 0.211. The first kappa shape index (κ1) is 11.0. The molecule has 1 aromatic heterocycles. The van der Waals surface area contributed by atoms with Crippen molar-refractivity contribution in [1.29, 1.82) is 0 Å². The van der Waals surface area contributed by atoms with E-state index in [0.717, 1.165) is 42.6 Å². The number of aryl methyl sites for hydroxylation is 1. The third kappa shape index (κ3) is 2.01. The molecule has 1 amide bonds. The predicted octanol–water partition coefficient (Wildman–Crippen LogP) is 2.81. The first-order chi connectivity index (χ1) is 8.84. The van der Waals surface area contributed by atoms with Gasteiger partial charge in [0, 0.05) is 11.3 Å². The Balaban J connectivity index is 1.83. The summed E-state index contributed by atoms with van der Waals surface area (Å²) in [6.45, 7) is 0. The largest absolute Gasteiger partial charge is 0.350 e. The van der Waals surface area contributed by atoms with Crippen LogP contribution >= 0.6 is 0 Å². The Morgan fingerprint density at radius 1 is 1.17 bits per heavy atom. The number of para-hydroxylation sites is 1. The zero-order valence-corrected chi connectivity index (χ0v) is 9.98. The molecule has 0 radical (unpaired) electrons. The number of nitrogens with zero attached hydrogens (tertiary/aromatic N) is 1. The van der Waals surface area contributed by atoms with Crippen molar-refractivity contribution in [2.45, 2.75) is 25.7 Å². The van der Waals surface area contributed by atoms with Gasteiger partial charge in [0.05, 0.1) is 5.69 Å². The Morgan fingerprint density at radius 3 is 2.78 bits per heavy atom. The average molecular weight is 242 g/mol. The number of amides is 1. The number of anilines is 1. The van der Waals surface area contributed by atoms with Crippen LogP contribution < -0.4 is 5.32 Å². The maximum Gasteiger partial charge on any atom is 0.294 e. The first-order valence-electron chi connectivity index (χ1n) is 6.18. The quantitative estimate of drug-likeness (QED) is 0.881. The summed E-state index contributed by atoms with van der Waals surface area (Å²) in [5.74, 6) is 0.158. The third-order valence-corrected chi connectivity index (χ3v) is 3.20. The molecule has 3 rings (SSSR count). The summed E-state index contributed by atoms with van der Waals surface area (Å²) < 4.78 is 5.19. The highest BCUT2D eigenvalue weighted by molar-refractivity contribution is 6.03. The van der Waals surface area contributed by atoms with Gasteiger partial charge in [-0.1, -0.05) is 23.4 Å². The lowest BCUT2D eigenvalue weighted by Gasteiger charge is -2.09. The van der Waals surface area contributed by atoms with Crippen LogP contribution in [0.15, 0.2) is 34.9 Å². The van der Waals surface area contributed by atoms with E-state index >= 15 is 0 Å². The van der Waals surface area contributed by atoms with Crippen molar-refractivity contribution in [3.05, 3.63) is 47.3 Å². The van der Waals surface area contributed by atoms with Crippen molar-refractivity contribution in [1.82, 2.24) is 5.16 Å². The first-order valence-corrected chi connectivity index (χ1v) is 6.18. The topological polar surface area (TPSA) is 55.1 Å². The zero-order chi connectivity index (χ0) is 12.4. The predicted molar refractivity (Wildman–Crippen MR) is 67.5 cm³/mol. The summed E-state index contributed by atoms with van der Waals surface area (Å²) in [7, 11) is 0. The van der Waals surface area contributed by atoms with Gasteiger partial charge in [-0.2, -0.15) is 0 Å². The lowest BCUT2D eigenvalue weighted by Crippen LogP contribution is -2.14. The number of hydrogen-bond donors (Lipinski definition) is 1.